The maximum absolute atomic E-state index is 14.1. The van der Waals surface area contributed by atoms with Crippen LogP contribution in [0.2, 0.25) is 5.02 Å². The van der Waals surface area contributed by atoms with Crippen LogP contribution in [-0.2, 0) is 24.9 Å². The fourth-order valence-corrected chi connectivity index (χ4v) is 5.32. The number of carbonyl (C=O) groups is 2. The van der Waals surface area contributed by atoms with Gasteiger partial charge in [-0.3, -0.25) is 19.9 Å². The summed E-state index contributed by atoms with van der Waals surface area (Å²) in [5.41, 5.74) is 10.0. The number of nitrogens with zero attached hydrogens (tertiary/aromatic N) is 6. The van der Waals surface area contributed by atoms with Gasteiger partial charge in [0.05, 0.1) is 28.6 Å². The van der Waals surface area contributed by atoms with Gasteiger partial charge in [0, 0.05) is 39.3 Å². The molecule has 0 radical (unpaired) electrons. The lowest BCUT2D eigenvalue weighted by Crippen LogP contribution is -2.50. The minimum absolute atomic E-state index is 0.00190. The van der Waals surface area contributed by atoms with Crippen molar-refractivity contribution in [1.29, 1.82) is 0 Å². The number of ether oxygens (including phenoxy) is 1. The molecule has 41 heavy (non-hydrogen) atoms. The van der Waals surface area contributed by atoms with E-state index < -0.39 is 11.8 Å². The number of hydrogen-bond acceptors (Lipinski definition) is 8. The van der Waals surface area contributed by atoms with Crippen molar-refractivity contribution >= 4 is 35.0 Å². The summed E-state index contributed by atoms with van der Waals surface area (Å²) in [6.07, 6.45) is 3.49. The number of benzene rings is 1. The quantitative estimate of drug-likeness (QED) is 0.341. The molecule has 3 aromatic heterocycles. The fraction of sp³-hybridized carbons (Fsp3) is 0.250. The van der Waals surface area contributed by atoms with E-state index >= 15 is 0 Å². The summed E-state index contributed by atoms with van der Waals surface area (Å²) in [5, 5.41) is 2.46. The Kier molecular flexibility index (Phi) is 6.80. The molecule has 5 heterocycles. The highest BCUT2D eigenvalue weighted by atomic mass is 35.5. The van der Waals surface area contributed by atoms with Gasteiger partial charge in [0.2, 0.25) is 11.8 Å². The van der Waals surface area contributed by atoms with Crippen LogP contribution < -0.4 is 20.7 Å². The minimum Gasteiger partial charge on any atom is -0.432 e. The summed E-state index contributed by atoms with van der Waals surface area (Å²) in [6.45, 7) is 3.60. The molecule has 2 aliphatic rings. The van der Waals surface area contributed by atoms with Crippen LogP contribution >= 0.6 is 11.6 Å². The van der Waals surface area contributed by atoms with Crippen LogP contribution in [0.3, 0.4) is 0 Å². The Morgan fingerprint density at radius 1 is 1.20 bits per heavy atom. The molecule has 1 aromatic carbocycles. The van der Waals surface area contributed by atoms with Gasteiger partial charge in [0.25, 0.3) is 0 Å². The Balaban J connectivity index is 1.18. The predicted molar refractivity (Wildman–Crippen MR) is 150 cm³/mol. The molecule has 2 aliphatic heterocycles. The zero-order valence-corrected chi connectivity index (χ0v) is 23.0. The van der Waals surface area contributed by atoms with Crippen molar-refractivity contribution in [3.05, 3.63) is 76.5 Å². The third-order valence-corrected chi connectivity index (χ3v) is 7.59. The van der Waals surface area contributed by atoms with Crippen molar-refractivity contribution < 1.29 is 18.7 Å². The molecular weight excluding hydrogens is 551 g/mol. The van der Waals surface area contributed by atoms with Gasteiger partial charge < -0.3 is 15.0 Å². The van der Waals surface area contributed by atoms with Gasteiger partial charge in [-0.25, -0.2) is 24.1 Å². The average molecular weight is 577 g/mol. The number of carbonyl (C=O) groups excluding carboxylic acids is 2. The lowest BCUT2D eigenvalue weighted by atomic mass is 10.1. The van der Waals surface area contributed by atoms with E-state index in [0.29, 0.717) is 30.4 Å². The number of fused-ring (bicyclic) bond motifs is 1. The normalized spacial score (nSPS) is 17.1. The molecule has 210 valence electrons. The number of halogens is 2. The summed E-state index contributed by atoms with van der Waals surface area (Å²) >= 11 is 6.06. The van der Waals surface area contributed by atoms with Crippen LogP contribution in [0.4, 0.5) is 20.7 Å². The summed E-state index contributed by atoms with van der Waals surface area (Å²) in [5.74, 6) is 0.252. The lowest BCUT2D eigenvalue weighted by Gasteiger charge is -2.26. The monoisotopic (exact) mass is 576 g/mol. The van der Waals surface area contributed by atoms with Crippen LogP contribution in [0.5, 0.6) is 11.6 Å². The Morgan fingerprint density at radius 3 is 2.78 bits per heavy atom. The molecule has 1 atom stereocenters. The van der Waals surface area contributed by atoms with E-state index in [4.69, 9.17) is 27.1 Å². The van der Waals surface area contributed by atoms with Crippen molar-refractivity contribution in [2.75, 3.05) is 17.2 Å². The highest BCUT2D eigenvalue weighted by Gasteiger charge is 2.31. The SMILES string of the molecule is CC1c2nc(-c3ncc(N4CCC(=O)NC4=O)n3C)ccc2CN1Cc1cnc(Oc2c(F)cccc2Cl)c(N)c1. The Morgan fingerprint density at radius 2 is 2.02 bits per heavy atom. The number of pyridine rings is 2. The predicted octanol–water partition coefficient (Wildman–Crippen LogP) is 4.57. The zero-order chi connectivity index (χ0) is 28.8. The number of nitrogen functional groups attached to an aromatic ring is 1. The standard InChI is InChI=1S/C28H26ClFN8O3/c1-15-24-17(6-7-21(34-24)26-32-12-23(36(26)2)38-9-8-22(39)35-28(38)40)14-37(15)13-16-10-20(31)27(33-11-16)41-25-18(29)4-3-5-19(25)30/h3-7,10-12,15H,8-9,13-14,31H2,1-2H3,(H,35,39,40). The van der Waals surface area contributed by atoms with Gasteiger partial charge in [0.1, 0.15) is 11.5 Å². The Bertz CT molecular complexity index is 1670. The van der Waals surface area contributed by atoms with Gasteiger partial charge in [-0.05, 0) is 42.3 Å². The first-order valence-electron chi connectivity index (χ1n) is 12.9. The van der Waals surface area contributed by atoms with E-state index in [-0.39, 0.29) is 47.3 Å². The van der Waals surface area contributed by atoms with Crippen molar-refractivity contribution in [1.82, 2.24) is 29.7 Å². The zero-order valence-electron chi connectivity index (χ0n) is 22.3. The van der Waals surface area contributed by atoms with E-state index in [1.165, 1.54) is 23.1 Å². The number of amides is 3. The molecule has 1 fully saturated rings. The number of anilines is 2. The number of imidazole rings is 1. The molecular formula is C28H26ClFN8O3. The Hall–Kier alpha value is -4.55. The van der Waals surface area contributed by atoms with Crippen molar-refractivity contribution in [3.63, 3.8) is 0 Å². The van der Waals surface area contributed by atoms with Gasteiger partial charge in [-0.1, -0.05) is 23.7 Å². The van der Waals surface area contributed by atoms with E-state index in [1.54, 1.807) is 23.0 Å². The Labute approximate surface area is 239 Å². The molecule has 1 saturated heterocycles. The highest BCUT2D eigenvalue weighted by Crippen LogP contribution is 2.37. The van der Waals surface area contributed by atoms with E-state index in [2.05, 4.69) is 27.1 Å². The maximum atomic E-state index is 14.1. The van der Waals surface area contributed by atoms with E-state index in [9.17, 15) is 14.0 Å². The molecule has 0 bridgehead atoms. The molecule has 3 N–H and O–H groups in total. The number of imide groups is 1. The average Bonchev–Trinajstić information content (AvgIpc) is 3.46. The summed E-state index contributed by atoms with van der Waals surface area (Å²) < 4.78 is 21.5. The number of hydrogen-bond donors (Lipinski definition) is 2. The van der Waals surface area contributed by atoms with Crippen LogP contribution in [0.1, 0.15) is 36.2 Å². The van der Waals surface area contributed by atoms with Crippen LogP contribution in [0, 0.1) is 5.82 Å². The molecule has 6 rings (SSSR count). The topological polar surface area (TPSA) is 132 Å². The number of urea groups is 1. The summed E-state index contributed by atoms with van der Waals surface area (Å²) in [6, 6.07) is 9.51. The van der Waals surface area contributed by atoms with E-state index in [1.807, 2.05) is 19.2 Å². The number of para-hydroxylation sites is 1. The first kappa shape index (κ1) is 26.7. The lowest BCUT2D eigenvalue weighted by molar-refractivity contribution is -0.120. The third kappa shape index (κ3) is 4.96. The second-order valence-corrected chi connectivity index (χ2v) is 10.4. The molecule has 4 aromatic rings. The van der Waals surface area contributed by atoms with Gasteiger partial charge in [-0.2, -0.15) is 0 Å². The number of aromatic nitrogens is 4. The molecule has 13 heteroatoms. The number of rotatable bonds is 6. The van der Waals surface area contributed by atoms with Crippen LogP contribution in [0.15, 0.2) is 48.8 Å². The molecule has 11 nitrogen and oxygen atoms in total. The van der Waals surface area contributed by atoms with E-state index in [0.717, 1.165) is 16.8 Å². The van der Waals surface area contributed by atoms with Gasteiger partial charge in [0.15, 0.2) is 17.4 Å². The molecule has 1 unspecified atom stereocenters. The van der Waals surface area contributed by atoms with Crippen molar-refractivity contribution in [2.24, 2.45) is 7.05 Å². The first-order chi connectivity index (χ1) is 19.7. The number of nitrogens with one attached hydrogen (secondary N) is 1. The number of nitrogens with two attached hydrogens (primary N) is 1. The summed E-state index contributed by atoms with van der Waals surface area (Å²) in [4.78, 5) is 41.4. The molecule has 3 amide bonds. The maximum Gasteiger partial charge on any atom is 0.329 e. The van der Waals surface area contributed by atoms with Gasteiger partial charge >= 0.3 is 6.03 Å². The van der Waals surface area contributed by atoms with Crippen LogP contribution in [-0.4, -0.2) is 42.9 Å². The van der Waals surface area contributed by atoms with Gasteiger partial charge in [-0.15, -0.1) is 0 Å². The minimum atomic E-state index is -0.603. The molecule has 0 spiro atoms. The second kappa shape index (κ2) is 10.5. The van der Waals surface area contributed by atoms with Crippen LogP contribution in [0.25, 0.3) is 11.5 Å². The largest absolute Gasteiger partial charge is 0.432 e. The summed E-state index contributed by atoms with van der Waals surface area (Å²) in [7, 11) is 1.82. The third-order valence-electron chi connectivity index (χ3n) is 7.29. The first-order valence-corrected chi connectivity index (χ1v) is 13.3. The fourth-order valence-electron chi connectivity index (χ4n) is 5.12. The smallest absolute Gasteiger partial charge is 0.329 e. The molecule has 0 aliphatic carbocycles. The molecule has 0 saturated carbocycles. The van der Waals surface area contributed by atoms with Crippen molar-refractivity contribution in [2.45, 2.75) is 32.5 Å². The second-order valence-electron chi connectivity index (χ2n) is 9.97. The highest BCUT2D eigenvalue weighted by molar-refractivity contribution is 6.32. The van der Waals surface area contributed by atoms with Crippen molar-refractivity contribution in [3.8, 4) is 23.1 Å².